The molecule has 1 heterocycles. The Morgan fingerprint density at radius 3 is 3.07 bits per heavy atom. The molecule has 0 saturated carbocycles. The van der Waals surface area contributed by atoms with E-state index < -0.39 is 0 Å². The van der Waals surface area contributed by atoms with Gasteiger partial charge >= 0.3 is 6.08 Å². The number of benzene rings is 1. The summed E-state index contributed by atoms with van der Waals surface area (Å²) in [6.45, 7) is 0.605. The van der Waals surface area contributed by atoms with Crippen molar-refractivity contribution in [3.63, 3.8) is 0 Å². The first-order valence-corrected chi connectivity index (χ1v) is 4.47. The van der Waals surface area contributed by atoms with E-state index >= 15 is 0 Å². The maximum absolute atomic E-state index is 5.50. The minimum Gasteiger partial charge on any atom is -0.453 e. The molecule has 0 aliphatic carbocycles. The maximum atomic E-state index is 5.50. The van der Waals surface area contributed by atoms with Gasteiger partial charge in [-0.15, -0.1) is 0 Å². The van der Waals surface area contributed by atoms with Crippen LogP contribution in [0.3, 0.4) is 0 Å². The Labute approximate surface area is 81.7 Å². The number of para-hydroxylation sites is 1. The molecule has 14 heavy (non-hydrogen) atoms. The summed E-state index contributed by atoms with van der Waals surface area (Å²) in [7, 11) is 1.54. The second-order valence-electron chi connectivity index (χ2n) is 2.99. The molecule has 1 aromatic heterocycles. The lowest BCUT2D eigenvalue weighted by Crippen LogP contribution is -2.02. The number of hydrogen-bond donors (Lipinski definition) is 1. The van der Waals surface area contributed by atoms with Crippen LogP contribution in [0.15, 0.2) is 22.6 Å². The van der Waals surface area contributed by atoms with Crippen LogP contribution in [0.5, 0.6) is 6.08 Å². The fraction of sp³-hybridized carbons (Fsp3) is 0.300. The summed E-state index contributed by atoms with van der Waals surface area (Å²) in [5, 5.41) is 0. The van der Waals surface area contributed by atoms with E-state index in [1.54, 1.807) is 0 Å². The molecule has 0 spiro atoms. The van der Waals surface area contributed by atoms with Crippen molar-refractivity contribution in [1.29, 1.82) is 0 Å². The van der Waals surface area contributed by atoms with Gasteiger partial charge in [-0.05, 0) is 24.6 Å². The van der Waals surface area contributed by atoms with Crippen LogP contribution in [0.2, 0.25) is 0 Å². The number of fused-ring (bicyclic) bond motifs is 1. The van der Waals surface area contributed by atoms with Gasteiger partial charge in [0.05, 0.1) is 7.11 Å². The van der Waals surface area contributed by atoms with E-state index in [0.717, 1.165) is 23.1 Å². The van der Waals surface area contributed by atoms with Gasteiger partial charge in [-0.1, -0.05) is 12.1 Å². The van der Waals surface area contributed by atoms with Gasteiger partial charge in [0, 0.05) is 0 Å². The standard InChI is InChI=1S/C10H12N2O2/c1-13-10-12-9-7(5-6-11)3-2-4-8(9)14-10/h2-4H,5-6,11H2,1H3. The van der Waals surface area contributed by atoms with Gasteiger partial charge < -0.3 is 14.9 Å². The number of hydrogen-bond acceptors (Lipinski definition) is 4. The first kappa shape index (κ1) is 9.02. The normalized spacial score (nSPS) is 10.7. The predicted octanol–water partition coefficient (Wildman–Crippen LogP) is 1.34. The van der Waals surface area contributed by atoms with Crippen molar-refractivity contribution in [2.75, 3.05) is 13.7 Å². The minimum absolute atomic E-state index is 0.296. The summed E-state index contributed by atoms with van der Waals surface area (Å²) >= 11 is 0. The highest BCUT2D eigenvalue weighted by Crippen LogP contribution is 2.23. The van der Waals surface area contributed by atoms with E-state index in [4.69, 9.17) is 14.9 Å². The van der Waals surface area contributed by atoms with E-state index in [-0.39, 0.29) is 0 Å². The highest BCUT2D eigenvalue weighted by molar-refractivity contribution is 5.77. The molecule has 0 unspecified atom stereocenters. The second-order valence-corrected chi connectivity index (χ2v) is 2.99. The lowest BCUT2D eigenvalue weighted by molar-refractivity contribution is 0.299. The molecule has 0 amide bonds. The Kier molecular flexibility index (Phi) is 2.37. The van der Waals surface area contributed by atoms with E-state index in [1.807, 2.05) is 18.2 Å². The van der Waals surface area contributed by atoms with Gasteiger partial charge in [0.2, 0.25) is 0 Å². The molecule has 0 fully saturated rings. The number of methoxy groups -OCH3 is 1. The van der Waals surface area contributed by atoms with Crippen LogP contribution in [0.1, 0.15) is 5.56 Å². The quantitative estimate of drug-likeness (QED) is 0.797. The summed E-state index contributed by atoms with van der Waals surface area (Å²) < 4.78 is 10.3. The first-order valence-electron chi connectivity index (χ1n) is 4.47. The summed E-state index contributed by atoms with van der Waals surface area (Å²) in [5.74, 6) is 0. The van der Waals surface area contributed by atoms with Crippen molar-refractivity contribution in [1.82, 2.24) is 4.98 Å². The molecule has 0 aliphatic rings. The average Bonchev–Trinajstić information content (AvgIpc) is 2.62. The van der Waals surface area contributed by atoms with Crippen molar-refractivity contribution in [3.05, 3.63) is 23.8 Å². The highest BCUT2D eigenvalue weighted by atomic mass is 16.6. The van der Waals surface area contributed by atoms with E-state index in [9.17, 15) is 0 Å². The Hall–Kier alpha value is -1.55. The molecule has 4 nitrogen and oxygen atoms in total. The third-order valence-corrected chi connectivity index (χ3v) is 2.07. The van der Waals surface area contributed by atoms with Crippen LogP contribution in [-0.4, -0.2) is 18.6 Å². The van der Waals surface area contributed by atoms with E-state index in [0.29, 0.717) is 12.6 Å². The van der Waals surface area contributed by atoms with Crippen molar-refractivity contribution in [2.45, 2.75) is 6.42 Å². The fourth-order valence-corrected chi connectivity index (χ4v) is 1.43. The molecular formula is C10H12N2O2. The van der Waals surface area contributed by atoms with Crippen molar-refractivity contribution >= 4 is 11.1 Å². The summed E-state index contributed by atoms with van der Waals surface area (Å²) in [6, 6.07) is 5.79. The number of oxazole rings is 1. The van der Waals surface area contributed by atoms with Crippen LogP contribution in [0, 0.1) is 0 Å². The van der Waals surface area contributed by atoms with Crippen LogP contribution < -0.4 is 10.5 Å². The minimum atomic E-state index is 0.296. The molecule has 2 N–H and O–H groups in total. The molecule has 2 rings (SSSR count). The largest absolute Gasteiger partial charge is 0.453 e. The molecular weight excluding hydrogens is 180 g/mol. The Morgan fingerprint density at radius 2 is 2.36 bits per heavy atom. The maximum Gasteiger partial charge on any atom is 0.394 e. The van der Waals surface area contributed by atoms with Gasteiger partial charge in [0.25, 0.3) is 0 Å². The zero-order valence-electron chi connectivity index (χ0n) is 7.99. The zero-order chi connectivity index (χ0) is 9.97. The number of ether oxygens (including phenoxy) is 1. The van der Waals surface area contributed by atoms with Crippen molar-refractivity contribution in [3.8, 4) is 6.08 Å². The van der Waals surface area contributed by atoms with Crippen molar-refractivity contribution in [2.24, 2.45) is 5.73 Å². The highest BCUT2D eigenvalue weighted by Gasteiger charge is 2.08. The Morgan fingerprint density at radius 1 is 1.50 bits per heavy atom. The number of nitrogens with two attached hydrogens (primary N) is 1. The molecule has 0 saturated heterocycles. The third kappa shape index (κ3) is 1.44. The third-order valence-electron chi connectivity index (χ3n) is 2.07. The topological polar surface area (TPSA) is 61.3 Å². The predicted molar refractivity (Wildman–Crippen MR) is 53.3 cm³/mol. The van der Waals surface area contributed by atoms with E-state index in [1.165, 1.54) is 7.11 Å². The molecule has 0 aliphatic heterocycles. The second kappa shape index (κ2) is 3.67. The number of rotatable bonds is 3. The number of nitrogens with zero attached hydrogens (tertiary/aromatic N) is 1. The fourth-order valence-electron chi connectivity index (χ4n) is 1.43. The summed E-state index contributed by atoms with van der Waals surface area (Å²) in [4.78, 5) is 4.21. The van der Waals surface area contributed by atoms with Crippen LogP contribution in [-0.2, 0) is 6.42 Å². The summed E-state index contributed by atoms with van der Waals surface area (Å²) in [6.07, 6.45) is 1.09. The molecule has 2 aromatic rings. The monoisotopic (exact) mass is 192 g/mol. The molecule has 0 bridgehead atoms. The summed E-state index contributed by atoms with van der Waals surface area (Å²) in [5.41, 5.74) is 8.18. The SMILES string of the molecule is COc1nc2c(CCN)cccc2o1. The molecule has 0 radical (unpaired) electrons. The van der Waals surface area contributed by atoms with E-state index in [2.05, 4.69) is 4.98 Å². The smallest absolute Gasteiger partial charge is 0.394 e. The lowest BCUT2D eigenvalue weighted by Gasteiger charge is -1.96. The van der Waals surface area contributed by atoms with Gasteiger partial charge in [0.1, 0.15) is 5.52 Å². The van der Waals surface area contributed by atoms with Gasteiger partial charge in [-0.25, -0.2) is 0 Å². The van der Waals surface area contributed by atoms with Crippen LogP contribution in [0.4, 0.5) is 0 Å². The lowest BCUT2D eigenvalue weighted by atomic mass is 10.1. The van der Waals surface area contributed by atoms with Gasteiger partial charge in [-0.3, -0.25) is 0 Å². The molecule has 4 heteroatoms. The zero-order valence-corrected chi connectivity index (χ0v) is 7.99. The Bertz CT molecular complexity index is 437. The van der Waals surface area contributed by atoms with Crippen LogP contribution in [0.25, 0.3) is 11.1 Å². The molecule has 74 valence electrons. The molecule has 0 atom stereocenters. The first-order chi connectivity index (χ1) is 6.85. The van der Waals surface area contributed by atoms with Gasteiger partial charge in [-0.2, -0.15) is 4.98 Å². The van der Waals surface area contributed by atoms with Gasteiger partial charge in [0.15, 0.2) is 5.58 Å². The average molecular weight is 192 g/mol. The Balaban J connectivity index is 2.55. The van der Waals surface area contributed by atoms with Crippen LogP contribution >= 0.6 is 0 Å². The van der Waals surface area contributed by atoms with Crippen molar-refractivity contribution < 1.29 is 9.15 Å². The number of aromatic nitrogens is 1. The molecule has 1 aromatic carbocycles.